The molecule has 2 saturated heterocycles. The van der Waals surface area contributed by atoms with E-state index in [0.717, 1.165) is 29.0 Å². The summed E-state index contributed by atoms with van der Waals surface area (Å²) in [5, 5.41) is 23.4. The van der Waals surface area contributed by atoms with E-state index in [0.29, 0.717) is 49.4 Å². The maximum absolute atomic E-state index is 15.0. The molecule has 4 heterocycles. The zero-order valence-electron chi connectivity index (χ0n) is 21.3. The zero-order chi connectivity index (χ0) is 25.9. The van der Waals surface area contributed by atoms with Gasteiger partial charge < -0.3 is 25.0 Å². The van der Waals surface area contributed by atoms with Gasteiger partial charge in [0, 0.05) is 61.4 Å². The van der Waals surface area contributed by atoms with E-state index in [1.165, 1.54) is 0 Å². The summed E-state index contributed by atoms with van der Waals surface area (Å²) in [5.41, 5.74) is 4.72. The number of morpholine rings is 1. The molecular formula is C28H33FN6O2. The number of rotatable bonds is 6. The normalized spacial score (nSPS) is 24.3. The fraction of sp³-hybridized carbons (Fsp3) is 0.464. The first-order valence-electron chi connectivity index (χ1n) is 12.8. The quantitative estimate of drug-likeness (QED) is 0.529. The van der Waals surface area contributed by atoms with Gasteiger partial charge in [-0.2, -0.15) is 5.26 Å². The standard InChI is InChI=1S/C28H33FN6O2/c1-18-10-22(11-21(17-36)33-18)34-9-7-25(29)26(16-34)32-13-23-15-35(14-19(2)37-23)27-6-5-20(12-30)28-24(27)4-3-8-31-28/h3-6,8,10-11,19,23,25-26,32,36H,7,9,13-17H2,1-2H3/t19-,23+,25+,26-/m1/s1. The number of anilines is 2. The molecule has 2 aliphatic rings. The van der Waals surface area contributed by atoms with E-state index in [2.05, 4.69) is 31.2 Å². The predicted molar refractivity (Wildman–Crippen MR) is 141 cm³/mol. The molecule has 3 aromatic rings. The third kappa shape index (κ3) is 5.52. The molecule has 2 aliphatic heterocycles. The average molecular weight is 505 g/mol. The predicted octanol–water partition coefficient (Wildman–Crippen LogP) is 3.10. The van der Waals surface area contributed by atoms with Crippen LogP contribution in [0.3, 0.4) is 0 Å². The number of nitrogens with one attached hydrogen (secondary N) is 1. The van der Waals surface area contributed by atoms with Gasteiger partial charge in [0.1, 0.15) is 12.2 Å². The summed E-state index contributed by atoms with van der Waals surface area (Å²) < 4.78 is 21.2. The summed E-state index contributed by atoms with van der Waals surface area (Å²) >= 11 is 0. The minimum absolute atomic E-state index is 0.00337. The molecular weight excluding hydrogens is 471 g/mol. The Bertz CT molecular complexity index is 1300. The van der Waals surface area contributed by atoms with Gasteiger partial charge in [-0.15, -0.1) is 0 Å². The van der Waals surface area contributed by atoms with E-state index < -0.39 is 6.17 Å². The Morgan fingerprint density at radius 3 is 2.89 bits per heavy atom. The number of halogens is 1. The number of aromatic nitrogens is 2. The lowest BCUT2D eigenvalue weighted by molar-refractivity contribution is -0.0171. The number of ether oxygens (including phenoxy) is 1. The SMILES string of the molecule is Cc1cc(N2CC[C@H](F)[C@H](NC[C@H]3CN(c4ccc(C#N)c5ncccc45)C[C@@H](C)O3)C2)cc(CO)n1. The first-order chi connectivity index (χ1) is 17.9. The number of nitriles is 1. The van der Waals surface area contributed by atoms with Crippen LogP contribution in [0.2, 0.25) is 0 Å². The Hall–Kier alpha value is -3.32. The molecule has 5 rings (SSSR count). The van der Waals surface area contributed by atoms with Crippen LogP contribution >= 0.6 is 0 Å². The number of hydrogen-bond donors (Lipinski definition) is 2. The Labute approximate surface area is 216 Å². The zero-order valence-corrected chi connectivity index (χ0v) is 21.3. The van der Waals surface area contributed by atoms with Crippen LogP contribution < -0.4 is 15.1 Å². The van der Waals surface area contributed by atoms with Gasteiger partial charge in [-0.25, -0.2) is 4.39 Å². The molecule has 2 N–H and O–H groups in total. The van der Waals surface area contributed by atoms with E-state index in [1.807, 2.05) is 50.2 Å². The van der Waals surface area contributed by atoms with Crippen LogP contribution in [0.25, 0.3) is 10.9 Å². The van der Waals surface area contributed by atoms with Crippen LogP contribution in [-0.4, -0.2) is 72.2 Å². The summed E-state index contributed by atoms with van der Waals surface area (Å²) in [6.45, 7) is 6.91. The van der Waals surface area contributed by atoms with E-state index in [1.54, 1.807) is 6.20 Å². The highest BCUT2D eigenvalue weighted by molar-refractivity contribution is 5.95. The molecule has 0 aliphatic carbocycles. The highest BCUT2D eigenvalue weighted by Crippen LogP contribution is 2.30. The molecule has 0 saturated carbocycles. The largest absolute Gasteiger partial charge is 0.390 e. The molecule has 9 heteroatoms. The van der Waals surface area contributed by atoms with Gasteiger partial charge in [0.15, 0.2) is 0 Å². The van der Waals surface area contributed by atoms with Gasteiger partial charge >= 0.3 is 0 Å². The van der Waals surface area contributed by atoms with Crippen molar-refractivity contribution in [2.24, 2.45) is 0 Å². The lowest BCUT2D eigenvalue weighted by Crippen LogP contribution is -2.56. The third-order valence-corrected chi connectivity index (χ3v) is 7.19. The number of alkyl halides is 1. The van der Waals surface area contributed by atoms with Crippen molar-refractivity contribution in [3.8, 4) is 6.07 Å². The first-order valence-corrected chi connectivity index (χ1v) is 12.8. The second kappa shape index (κ2) is 11.0. The summed E-state index contributed by atoms with van der Waals surface area (Å²) in [6, 6.07) is 13.5. The maximum atomic E-state index is 15.0. The molecule has 0 bridgehead atoms. The van der Waals surface area contributed by atoms with Crippen molar-refractivity contribution in [1.82, 2.24) is 15.3 Å². The Balaban J connectivity index is 1.27. The molecule has 194 valence electrons. The topological polar surface area (TPSA) is 97.5 Å². The Morgan fingerprint density at radius 1 is 1.22 bits per heavy atom. The number of hydrogen-bond acceptors (Lipinski definition) is 8. The second-order valence-electron chi connectivity index (χ2n) is 10.00. The summed E-state index contributed by atoms with van der Waals surface area (Å²) in [4.78, 5) is 13.2. The Kier molecular flexibility index (Phi) is 7.51. The minimum Gasteiger partial charge on any atom is -0.390 e. The molecule has 0 radical (unpaired) electrons. The van der Waals surface area contributed by atoms with Crippen molar-refractivity contribution in [3.63, 3.8) is 0 Å². The summed E-state index contributed by atoms with van der Waals surface area (Å²) in [6.07, 6.45) is 1.09. The summed E-state index contributed by atoms with van der Waals surface area (Å²) in [5.74, 6) is 0. The van der Waals surface area contributed by atoms with Gasteiger partial charge in [0.2, 0.25) is 0 Å². The van der Waals surface area contributed by atoms with Gasteiger partial charge in [-0.3, -0.25) is 9.97 Å². The fourth-order valence-electron chi connectivity index (χ4n) is 5.49. The molecule has 1 aromatic carbocycles. The second-order valence-corrected chi connectivity index (χ2v) is 10.00. The van der Waals surface area contributed by atoms with Crippen molar-refractivity contribution >= 4 is 22.3 Å². The molecule has 0 unspecified atom stereocenters. The minimum atomic E-state index is -0.942. The number of benzene rings is 1. The van der Waals surface area contributed by atoms with E-state index >= 15 is 0 Å². The average Bonchev–Trinajstić information content (AvgIpc) is 2.91. The number of aliphatic hydroxyl groups is 1. The van der Waals surface area contributed by atoms with Crippen LogP contribution in [0.15, 0.2) is 42.6 Å². The van der Waals surface area contributed by atoms with Gasteiger partial charge in [-0.05, 0) is 56.7 Å². The first kappa shape index (κ1) is 25.3. The number of aliphatic hydroxyl groups excluding tert-OH is 1. The molecule has 37 heavy (non-hydrogen) atoms. The maximum Gasteiger partial charge on any atom is 0.119 e. The smallest absolute Gasteiger partial charge is 0.119 e. The van der Waals surface area contributed by atoms with Crippen molar-refractivity contribution in [1.29, 1.82) is 5.26 Å². The number of fused-ring (bicyclic) bond motifs is 1. The van der Waals surface area contributed by atoms with E-state index in [4.69, 9.17) is 4.74 Å². The monoisotopic (exact) mass is 504 g/mol. The van der Waals surface area contributed by atoms with E-state index in [-0.39, 0.29) is 24.9 Å². The van der Waals surface area contributed by atoms with E-state index in [9.17, 15) is 14.8 Å². The molecule has 0 spiro atoms. The Morgan fingerprint density at radius 2 is 2.08 bits per heavy atom. The number of pyridine rings is 2. The molecule has 8 nitrogen and oxygen atoms in total. The molecule has 0 amide bonds. The molecule has 4 atom stereocenters. The lowest BCUT2D eigenvalue weighted by Gasteiger charge is -2.41. The van der Waals surface area contributed by atoms with Crippen LogP contribution in [0.4, 0.5) is 15.8 Å². The number of nitrogens with zero attached hydrogens (tertiary/aromatic N) is 5. The van der Waals surface area contributed by atoms with Crippen LogP contribution in [-0.2, 0) is 11.3 Å². The number of piperidine rings is 1. The highest BCUT2D eigenvalue weighted by atomic mass is 19.1. The van der Waals surface area contributed by atoms with Gasteiger partial charge in [0.05, 0.1) is 41.6 Å². The summed E-state index contributed by atoms with van der Waals surface area (Å²) in [7, 11) is 0. The van der Waals surface area contributed by atoms with Crippen molar-refractivity contribution in [2.45, 2.75) is 51.3 Å². The van der Waals surface area contributed by atoms with Crippen LogP contribution in [0.1, 0.15) is 30.3 Å². The third-order valence-electron chi connectivity index (χ3n) is 7.19. The van der Waals surface area contributed by atoms with Gasteiger partial charge in [-0.1, -0.05) is 0 Å². The van der Waals surface area contributed by atoms with Crippen molar-refractivity contribution in [3.05, 3.63) is 59.5 Å². The lowest BCUT2D eigenvalue weighted by atomic mass is 10.0. The van der Waals surface area contributed by atoms with Crippen molar-refractivity contribution in [2.75, 3.05) is 42.5 Å². The number of aryl methyl sites for hydroxylation is 1. The fourth-order valence-corrected chi connectivity index (χ4v) is 5.49. The molecule has 2 fully saturated rings. The highest BCUT2D eigenvalue weighted by Gasteiger charge is 2.32. The van der Waals surface area contributed by atoms with Crippen LogP contribution in [0, 0.1) is 18.3 Å². The molecule has 2 aromatic heterocycles. The van der Waals surface area contributed by atoms with Gasteiger partial charge in [0.25, 0.3) is 0 Å². The van der Waals surface area contributed by atoms with Crippen molar-refractivity contribution < 1.29 is 14.2 Å². The van der Waals surface area contributed by atoms with Crippen LogP contribution in [0.5, 0.6) is 0 Å².